The van der Waals surface area contributed by atoms with E-state index in [2.05, 4.69) is 21.2 Å². The van der Waals surface area contributed by atoms with Crippen LogP contribution in [0.1, 0.15) is 5.56 Å². The highest BCUT2D eigenvalue weighted by molar-refractivity contribution is 9.10. The maximum absolute atomic E-state index is 10.9. The fourth-order valence-corrected chi connectivity index (χ4v) is 1.23. The molecule has 1 aromatic carbocycles. The van der Waals surface area contributed by atoms with Gasteiger partial charge in [-0.1, -0.05) is 28.1 Å². The Morgan fingerprint density at radius 1 is 1.50 bits per heavy atom. The number of benzene rings is 1. The van der Waals surface area contributed by atoms with E-state index in [1.165, 1.54) is 7.05 Å². The van der Waals surface area contributed by atoms with Crippen molar-refractivity contribution in [1.29, 1.82) is 0 Å². The Labute approximate surface area is 90.6 Å². The van der Waals surface area contributed by atoms with Gasteiger partial charge in [0.2, 0.25) is 0 Å². The molecule has 0 radical (unpaired) electrons. The largest absolute Gasteiger partial charge is 0.341 e. The predicted octanol–water partition coefficient (Wildman–Crippen LogP) is 1.98. The molecule has 0 unspecified atom stereocenters. The molecule has 0 aliphatic rings. The highest BCUT2D eigenvalue weighted by Gasteiger charge is 2.07. The molecule has 1 aromatic rings. The van der Waals surface area contributed by atoms with Gasteiger partial charge in [0.05, 0.1) is 6.54 Å². The summed E-state index contributed by atoms with van der Waals surface area (Å²) < 4.78 is 0.964. The number of amides is 2. The fraction of sp³-hybridized carbons (Fsp3) is 0.222. The SMILES string of the molecule is CNC(=O)N(O)Cc1ccc(Br)cc1. The summed E-state index contributed by atoms with van der Waals surface area (Å²) in [4.78, 5) is 10.9. The molecular weight excluding hydrogens is 248 g/mol. The molecule has 14 heavy (non-hydrogen) atoms. The van der Waals surface area contributed by atoms with Gasteiger partial charge < -0.3 is 5.32 Å². The van der Waals surface area contributed by atoms with Crippen molar-refractivity contribution < 1.29 is 10.0 Å². The number of halogens is 1. The minimum Gasteiger partial charge on any atom is -0.339 e. The van der Waals surface area contributed by atoms with E-state index in [9.17, 15) is 10.0 Å². The molecule has 4 nitrogen and oxygen atoms in total. The fourth-order valence-electron chi connectivity index (χ4n) is 0.964. The third-order valence-corrected chi connectivity index (χ3v) is 2.22. The van der Waals surface area contributed by atoms with Crippen molar-refractivity contribution in [2.24, 2.45) is 0 Å². The van der Waals surface area contributed by atoms with Gasteiger partial charge in [-0.2, -0.15) is 0 Å². The lowest BCUT2D eigenvalue weighted by Gasteiger charge is -2.13. The van der Waals surface area contributed by atoms with Gasteiger partial charge in [0.1, 0.15) is 0 Å². The lowest BCUT2D eigenvalue weighted by atomic mass is 10.2. The standard InChI is InChI=1S/C9H11BrN2O2/c1-11-9(13)12(14)6-7-2-4-8(10)5-3-7/h2-5,14H,6H2,1H3,(H,11,13). The number of rotatable bonds is 2. The molecule has 0 saturated carbocycles. The van der Waals surface area contributed by atoms with E-state index in [0.29, 0.717) is 5.06 Å². The lowest BCUT2D eigenvalue weighted by Crippen LogP contribution is -2.34. The van der Waals surface area contributed by atoms with Gasteiger partial charge in [0.15, 0.2) is 0 Å². The van der Waals surface area contributed by atoms with Gasteiger partial charge >= 0.3 is 6.03 Å². The monoisotopic (exact) mass is 258 g/mol. The normalized spacial score (nSPS) is 9.64. The Balaban J connectivity index is 2.60. The van der Waals surface area contributed by atoms with Crippen LogP contribution in [-0.4, -0.2) is 23.3 Å². The van der Waals surface area contributed by atoms with Crippen LogP contribution < -0.4 is 5.32 Å². The summed E-state index contributed by atoms with van der Waals surface area (Å²) in [6.07, 6.45) is 0. The first-order valence-corrected chi connectivity index (χ1v) is 4.85. The van der Waals surface area contributed by atoms with E-state index < -0.39 is 6.03 Å². The van der Waals surface area contributed by atoms with E-state index in [4.69, 9.17) is 0 Å². The Hall–Kier alpha value is -1.07. The van der Waals surface area contributed by atoms with Crippen molar-refractivity contribution in [3.63, 3.8) is 0 Å². The van der Waals surface area contributed by atoms with Crippen molar-refractivity contribution in [3.05, 3.63) is 34.3 Å². The van der Waals surface area contributed by atoms with Crippen molar-refractivity contribution in [1.82, 2.24) is 10.4 Å². The Kier molecular flexibility index (Phi) is 3.91. The van der Waals surface area contributed by atoms with Crippen molar-refractivity contribution in [2.45, 2.75) is 6.54 Å². The summed E-state index contributed by atoms with van der Waals surface area (Å²) >= 11 is 3.30. The van der Waals surface area contributed by atoms with Gasteiger partial charge in [0, 0.05) is 11.5 Å². The van der Waals surface area contributed by atoms with Gasteiger partial charge in [-0.25, -0.2) is 9.86 Å². The average Bonchev–Trinajstić information content (AvgIpc) is 2.20. The van der Waals surface area contributed by atoms with E-state index in [-0.39, 0.29) is 6.54 Å². The topological polar surface area (TPSA) is 52.6 Å². The molecule has 0 spiro atoms. The van der Waals surface area contributed by atoms with Crippen LogP contribution in [-0.2, 0) is 6.54 Å². The molecule has 1 rings (SSSR count). The van der Waals surface area contributed by atoms with Crippen LogP contribution in [0, 0.1) is 0 Å². The summed E-state index contributed by atoms with van der Waals surface area (Å²) in [5.41, 5.74) is 0.860. The summed E-state index contributed by atoms with van der Waals surface area (Å²) in [5.74, 6) is 0. The molecule has 0 saturated heterocycles. The minimum atomic E-state index is -0.520. The van der Waals surface area contributed by atoms with E-state index in [1.54, 1.807) is 0 Å². The molecule has 2 N–H and O–H groups in total. The second-order valence-corrected chi connectivity index (χ2v) is 3.65. The summed E-state index contributed by atoms with van der Waals surface area (Å²) in [5, 5.41) is 12.2. The Morgan fingerprint density at radius 2 is 2.07 bits per heavy atom. The van der Waals surface area contributed by atoms with Crippen molar-refractivity contribution in [2.75, 3.05) is 7.05 Å². The molecule has 0 aliphatic carbocycles. The highest BCUT2D eigenvalue weighted by atomic mass is 79.9. The van der Waals surface area contributed by atoms with Crippen LogP contribution in [0.2, 0.25) is 0 Å². The van der Waals surface area contributed by atoms with Gasteiger partial charge in [-0.3, -0.25) is 5.21 Å². The first-order valence-electron chi connectivity index (χ1n) is 4.06. The zero-order valence-corrected chi connectivity index (χ0v) is 9.28. The first kappa shape index (κ1) is 11.0. The lowest BCUT2D eigenvalue weighted by molar-refractivity contribution is -0.0501. The zero-order valence-electron chi connectivity index (χ0n) is 7.70. The number of nitrogens with zero attached hydrogens (tertiary/aromatic N) is 1. The van der Waals surface area contributed by atoms with Crippen LogP contribution in [0.4, 0.5) is 4.79 Å². The van der Waals surface area contributed by atoms with Crippen LogP contribution >= 0.6 is 15.9 Å². The summed E-state index contributed by atoms with van der Waals surface area (Å²) in [7, 11) is 1.47. The maximum atomic E-state index is 10.9. The predicted molar refractivity (Wildman–Crippen MR) is 55.9 cm³/mol. The molecule has 0 aliphatic heterocycles. The quantitative estimate of drug-likeness (QED) is 0.630. The van der Waals surface area contributed by atoms with Crippen molar-refractivity contribution >= 4 is 22.0 Å². The molecule has 0 aromatic heterocycles. The summed E-state index contributed by atoms with van der Waals surface area (Å²) in [6, 6.07) is 6.85. The van der Waals surface area contributed by atoms with E-state index in [1.807, 2.05) is 24.3 Å². The molecule has 2 amide bonds. The van der Waals surface area contributed by atoms with Gasteiger partial charge in [-0.15, -0.1) is 0 Å². The maximum Gasteiger partial charge on any atom is 0.341 e. The average molecular weight is 259 g/mol. The second-order valence-electron chi connectivity index (χ2n) is 2.74. The van der Waals surface area contributed by atoms with Gasteiger partial charge in [0.25, 0.3) is 0 Å². The first-order chi connectivity index (χ1) is 6.63. The third kappa shape index (κ3) is 3.01. The molecule has 0 bridgehead atoms. The smallest absolute Gasteiger partial charge is 0.339 e. The Bertz CT molecular complexity index is 313. The number of hydroxylamine groups is 2. The van der Waals surface area contributed by atoms with Crippen LogP contribution in [0.5, 0.6) is 0 Å². The number of urea groups is 1. The van der Waals surface area contributed by atoms with Crippen LogP contribution in [0.3, 0.4) is 0 Å². The highest BCUT2D eigenvalue weighted by Crippen LogP contribution is 2.11. The third-order valence-electron chi connectivity index (χ3n) is 1.69. The number of carbonyl (C=O) groups is 1. The van der Waals surface area contributed by atoms with Crippen LogP contribution in [0.15, 0.2) is 28.7 Å². The molecule has 0 atom stereocenters. The second kappa shape index (κ2) is 4.97. The van der Waals surface area contributed by atoms with Gasteiger partial charge in [-0.05, 0) is 17.7 Å². The number of carbonyl (C=O) groups excluding carboxylic acids is 1. The van der Waals surface area contributed by atoms with E-state index in [0.717, 1.165) is 10.0 Å². The summed E-state index contributed by atoms with van der Waals surface area (Å²) in [6.45, 7) is 0.174. The number of hydrogen-bond donors (Lipinski definition) is 2. The molecule has 76 valence electrons. The number of hydrogen-bond acceptors (Lipinski definition) is 2. The molecule has 0 fully saturated rings. The zero-order chi connectivity index (χ0) is 10.6. The number of nitrogens with one attached hydrogen (secondary N) is 1. The van der Waals surface area contributed by atoms with Crippen molar-refractivity contribution in [3.8, 4) is 0 Å². The minimum absolute atomic E-state index is 0.174. The molecule has 0 heterocycles. The molecular formula is C9H11BrN2O2. The molecule has 5 heteroatoms. The Morgan fingerprint density at radius 3 is 2.57 bits per heavy atom. The van der Waals surface area contributed by atoms with Crippen LogP contribution in [0.25, 0.3) is 0 Å². The van der Waals surface area contributed by atoms with E-state index >= 15 is 0 Å².